The molecule has 1 atom stereocenters. The van der Waals surface area contributed by atoms with Gasteiger partial charge in [0.05, 0.1) is 18.4 Å². The number of rotatable bonds is 6. The Kier molecular flexibility index (Phi) is 4.96. The molecule has 1 aromatic heterocycles. The lowest BCUT2D eigenvalue weighted by atomic mass is 10.3. The average molecular weight is 264 g/mol. The van der Waals surface area contributed by atoms with E-state index in [2.05, 4.69) is 29.2 Å². The van der Waals surface area contributed by atoms with Gasteiger partial charge in [-0.25, -0.2) is 4.68 Å². The first-order valence-electron chi connectivity index (χ1n) is 7.26. The molecule has 106 valence electrons. The molecule has 0 spiro atoms. The van der Waals surface area contributed by atoms with Gasteiger partial charge in [-0.15, -0.1) is 0 Å². The summed E-state index contributed by atoms with van der Waals surface area (Å²) in [6.07, 6.45) is 5.34. The molecule has 19 heavy (non-hydrogen) atoms. The van der Waals surface area contributed by atoms with Gasteiger partial charge >= 0.3 is 0 Å². The molecule has 1 aliphatic rings. The van der Waals surface area contributed by atoms with Crippen molar-refractivity contribution in [2.24, 2.45) is 0 Å². The zero-order valence-corrected chi connectivity index (χ0v) is 11.9. The molecule has 5 nitrogen and oxygen atoms in total. The Hall–Kier alpha value is -1.36. The van der Waals surface area contributed by atoms with E-state index < -0.39 is 0 Å². The van der Waals surface area contributed by atoms with E-state index in [1.54, 1.807) is 10.7 Å². The third-order valence-electron chi connectivity index (χ3n) is 3.52. The molecule has 1 unspecified atom stereocenters. The molecule has 2 rings (SSSR count). The Labute approximate surface area is 114 Å². The van der Waals surface area contributed by atoms with Gasteiger partial charge in [0.1, 0.15) is 0 Å². The van der Waals surface area contributed by atoms with Gasteiger partial charge < -0.3 is 10.2 Å². The van der Waals surface area contributed by atoms with E-state index in [9.17, 15) is 4.79 Å². The molecule has 0 bridgehead atoms. The standard InChI is InChI=1S/C14H24N4O/c1-3-6-15-12(2)11-18-14(19)9-13(10-16-18)17-7-4-5-8-17/h9-10,12,15H,3-8,11H2,1-2H3. The molecule has 0 aliphatic carbocycles. The first kappa shape index (κ1) is 14.1. The minimum Gasteiger partial charge on any atom is -0.370 e. The molecule has 1 aromatic rings. The van der Waals surface area contributed by atoms with Crippen LogP contribution in [0.2, 0.25) is 0 Å². The predicted molar refractivity (Wildman–Crippen MR) is 77.7 cm³/mol. The lowest BCUT2D eigenvalue weighted by Crippen LogP contribution is -2.36. The molecule has 1 N–H and O–H groups in total. The highest BCUT2D eigenvalue weighted by Crippen LogP contribution is 2.16. The maximum absolute atomic E-state index is 12.1. The molecule has 0 aromatic carbocycles. The first-order valence-corrected chi connectivity index (χ1v) is 7.26. The highest BCUT2D eigenvalue weighted by molar-refractivity contribution is 5.43. The molecule has 2 heterocycles. The zero-order chi connectivity index (χ0) is 13.7. The smallest absolute Gasteiger partial charge is 0.268 e. The van der Waals surface area contributed by atoms with Crippen molar-refractivity contribution in [3.8, 4) is 0 Å². The summed E-state index contributed by atoms with van der Waals surface area (Å²) in [5.41, 5.74) is 0.961. The van der Waals surface area contributed by atoms with E-state index in [0.29, 0.717) is 6.54 Å². The summed E-state index contributed by atoms with van der Waals surface area (Å²) in [7, 11) is 0. The molecule has 1 aliphatic heterocycles. The highest BCUT2D eigenvalue weighted by Gasteiger charge is 2.14. The van der Waals surface area contributed by atoms with Crippen LogP contribution in [0.1, 0.15) is 33.1 Å². The van der Waals surface area contributed by atoms with Gasteiger partial charge in [-0.05, 0) is 32.7 Å². The Balaban J connectivity index is 2.00. The van der Waals surface area contributed by atoms with E-state index in [-0.39, 0.29) is 11.6 Å². The van der Waals surface area contributed by atoms with Gasteiger partial charge in [0.25, 0.3) is 5.56 Å². The summed E-state index contributed by atoms with van der Waals surface area (Å²) in [4.78, 5) is 14.3. The minimum absolute atomic E-state index is 0.00505. The summed E-state index contributed by atoms with van der Waals surface area (Å²) in [6.45, 7) is 7.90. The Morgan fingerprint density at radius 1 is 1.42 bits per heavy atom. The number of nitrogens with zero attached hydrogens (tertiary/aromatic N) is 3. The predicted octanol–water partition coefficient (Wildman–Crippen LogP) is 1.23. The second kappa shape index (κ2) is 6.70. The van der Waals surface area contributed by atoms with Gasteiger partial charge in [-0.1, -0.05) is 6.92 Å². The summed E-state index contributed by atoms with van der Waals surface area (Å²) < 4.78 is 1.55. The fraction of sp³-hybridized carbons (Fsp3) is 0.714. The molecular weight excluding hydrogens is 240 g/mol. The van der Waals surface area contributed by atoms with Crippen LogP contribution in [0.25, 0.3) is 0 Å². The van der Waals surface area contributed by atoms with Crippen LogP contribution in [0.4, 0.5) is 5.69 Å². The lowest BCUT2D eigenvalue weighted by Gasteiger charge is -2.18. The number of hydrogen-bond donors (Lipinski definition) is 1. The minimum atomic E-state index is -0.00505. The second-order valence-corrected chi connectivity index (χ2v) is 5.28. The van der Waals surface area contributed by atoms with Crippen molar-refractivity contribution in [2.75, 3.05) is 24.5 Å². The second-order valence-electron chi connectivity index (χ2n) is 5.28. The fourth-order valence-corrected chi connectivity index (χ4v) is 2.42. The maximum atomic E-state index is 12.1. The van der Waals surface area contributed by atoms with Crippen molar-refractivity contribution in [2.45, 2.75) is 45.7 Å². The van der Waals surface area contributed by atoms with E-state index in [1.165, 1.54) is 12.8 Å². The van der Waals surface area contributed by atoms with Gasteiger partial charge in [0.2, 0.25) is 0 Å². The van der Waals surface area contributed by atoms with Crippen molar-refractivity contribution in [1.82, 2.24) is 15.1 Å². The van der Waals surface area contributed by atoms with Gasteiger partial charge in [-0.3, -0.25) is 4.79 Å². The van der Waals surface area contributed by atoms with Crippen LogP contribution in [0.3, 0.4) is 0 Å². The average Bonchev–Trinajstić information content (AvgIpc) is 2.92. The van der Waals surface area contributed by atoms with Crippen LogP contribution in [-0.4, -0.2) is 35.5 Å². The molecule has 1 saturated heterocycles. The van der Waals surface area contributed by atoms with Crippen molar-refractivity contribution >= 4 is 5.69 Å². The third kappa shape index (κ3) is 3.80. The van der Waals surface area contributed by atoms with E-state index in [4.69, 9.17) is 0 Å². The third-order valence-corrected chi connectivity index (χ3v) is 3.52. The molecule has 0 radical (unpaired) electrons. The number of anilines is 1. The van der Waals surface area contributed by atoms with Crippen molar-refractivity contribution < 1.29 is 0 Å². The van der Waals surface area contributed by atoms with Crippen LogP contribution in [0.5, 0.6) is 0 Å². The summed E-state index contributed by atoms with van der Waals surface area (Å²) in [6, 6.07) is 1.98. The molecule has 0 saturated carbocycles. The van der Waals surface area contributed by atoms with Gasteiger partial charge in [0, 0.05) is 25.2 Å². The lowest BCUT2D eigenvalue weighted by molar-refractivity contribution is 0.439. The van der Waals surface area contributed by atoms with Crippen LogP contribution in [0, 0.1) is 0 Å². The molecular formula is C14H24N4O. The topological polar surface area (TPSA) is 50.2 Å². The number of hydrogen-bond acceptors (Lipinski definition) is 4. The van der Waals surface area contributed by atoms with Crippen molar-refractivity contribution in [3.63, 3.8) is 0 Å². The highest BCUT2D eigenvalue weighted by atomic mass is 16.1. The number of aromatic nitrogens is 2. The fourth-order valence-electron chi connectivity index (χ4n) is 2.42. The maximum Gasteiger partial charge on any atom is 0.268 e. The van der Waals surface area contributed by atoms with E-state index in [1.807, 2.05) is 6.20 Å². The zero-order valence-electron chi connectivity index (χ0n) is 11.9. The van der Waals surface area contributed by atoms with Crippen LogP contribution in [0.15, 0.2) is 17.1 Å². The first-order chi connectivity index (χ1) is 9.20. The summed E-state index contributed by atoms with van der Waals surface area (Å²) in [5.74, 6) is 0. The molecule has 1 fully saturated rings. The van der Waals surface area contributed by atoms with Crippen molar-refractivity contribution in [1.29, 1.82) is 0 Å². The van der Waals surface area contributed by atoms with Crippen LogP contribution < -0.4 is 15.8 Å². The quantitative estimate of drug-likeness (QED) is 0.839. The van der Waals surface area contributed by atoms with Crippen LogP contribution >= 0.6 is 0 Å². The monoisotopic (exact) mass is 264 g/mol. The van der Waals surface area contributed by atoms with Gasteiger partial charge in [0.15, 0.2) is 0 Å². The molecule has 5 heteroatoms. The van der Waals surface area contributed by atoms with Crippen LogP contribution in [-0.2, 0) is 6.54 Å². The summed E-state index contributed by atoms with van der Waals surface area (Å²) in [5, 5.41) is 7.66. The SMILES string of the molecule is CCCNC(C)Cn1ncc(N2CCCC2)cc1=O. The molecule has 0 amide bonds. The number of nitrogens with one attached hydrogen (secondary N) is 1. The van der Waals surface area contributed by atoms with Crippen molar-refractivity contribution in [3.05, 3.63) is 22.6 Å². The van der Waals surface area contributed by atoms with E-state index in [0.717, 1.165) is 31.7 Å². The normalized spacial score (nSPS) is 16.8. The Bertz CT molecular complexity index is 451. The largest absolute Gasteiger partial charge is 0.370 e. The Morgan fingerprint density at radius 2 is 2.16 bits per heavy atom. The summed E-state index contributed by atoms with van der Waals surface area (Å²) >= 11 is 0. The van der Waals surface area contributed by atoms with E-state index >= 15 is 0 Å². The van der Waals surface area contributed by atoms with Gasteiger partial charge in [-0.2, -0.15) is 5.10 Å². The Morgan fingerprint density at radius 3 is 2.79 bits per heavy atom.